The molecule has 6 heteroatoms. The van der Waals surface area contributed by atoms with Gasteiger partial charge in [-0.15, -0.1) is 4.91 Å². The predicted octanol–water partition coefficient (Wildman–Crippen LogP) is 2.61. The lowest BCUT2D eigenvalue weighted by Crippen LogP contribution is -2.23. The molecular formula is C11H15ClN2O3. The molecule has 0 bridgehead atoms. The molecule has 94 valence electrons. The molecule has 5 nitrogen and oxygen atoms in total. The lowest BCUT2D eigenvalue weighted by Gasteiger charge is -2.23. The molecule has 0 saturated carbocycles. The number of halogens is 1. The average Bonchev–Trinajstić information content (AvgIpc) is 2.35. The van der Waals surface area contributed by atoms with Crippen LogP contribution in [-0.2, 0) is 9.47 Å². The summed E-state index contributed by atoms with van der Waals surface area (Å²) in [7, 11) is 3.14. The van der Waals surface area contributed by atoms with Gasteiger partial charge in [0.25, 0.3) is 0 Å². The molecule has 0 N–H and O–H groups in total. The van der Waals surface area contributed by atoms with Crippen molar-refractivity contribution in [3.63, 3.8) is 0 Å². The first-order valence-corrected chi connectivity index (χ1v) is 5.49. The van der Waals surface area contributed by atoms with Crippen molar-refractivity contribution in [2.45, 2.75) is 6.23 Å². The SMILES string of the molecule is COCCOC(c1ccc(Cl)cc1)N(C)N=O. The lowest BCUT2D eigenvalue weighted by molar-refractivity contribution is -0.0656. The molecule has 1 rings (SSSR count). The highest BCUT2D eigenvalue weighted by Crippen LogP contribution is 2.22. The zero-order chi connectivity index (χ0) is 12.7. The molecule has 1 aromatic rings. The molecule has 0 heterocycles. The zero-order valence-electron chi connectivity index (χ0n) is 9.80. The standard InChI is InChI=1S/C11H15ClN2O3/c1-14(13-15)11(17-8-7-16-2)9-3-5-10(12)6-4-9/h3-6,11H,7-8H2,1-2H3. The third-order valence-electron chi connectivity index (χ3n) is 2.19. The minimum Gasteiger partial charge on any atom is -0.382 e. The van der Waals surface area contributed by atoms with Crippen LogP contribution in [0.25, 0.3) is 0 Å². The van der Waals surface area contributed by atoms with Crippen LogP contribution in [-0.4, -0.2) is 32.4 Å². The summed E-state index contributed by atoms with van der Waals surface area (Å²) in [6, 6.07) is 7.06. The van der Waals surface area contributed by atoms with Crippen LogP contribution in [0.3, 0.4) is 0 Å². The summed E-state index contributed by atoms with van der Waals surface area (Å²) in [6.45, 7) is 0.834. The van der Waals surface area contributed by atoms with E-state index in [4.69, 9.17) is 21.1 Å². The summed E-state index contributed by atoms with van der Waals surface area (Å²) in [5.41, 5.74) is 0.813. The normalized spacial score (nSPS) is 12.2. The lowest BCUT2D eigenvalue weighted by atomic mass is 10.2. The van der Waals surface area contributed by atoms with Crippen molar-refractivity contribution in [3.05, 3.63) is 39.8 Å². The Bertz CT molecular complexity index is 345. The van der Waals surface area contributed by atoms with Gasteiger partial charge in [0, 0.05) is 24.7 Å². The van der Waals surface area contributed by atoms with Crippen LogP contribution in [0.4, 0.5) is 0 Å². The third kappa shape index (κ3) is 4.30. The maximum atomic E-state index is 10.6. The van der Waals surface area contributed by atoms with Gasteiger partial charge in [-0.25, -0.2) is 5.01 Å². The molecular weight excluding hydrogens is 244 g/mol. The highest BCUT2D eigenvalue weighted by molar-refractivity contribution is 6.30. The molecule has 1 unspecified atom stereocenters. The first-order chi connectivity index (χ1) is 8.19. The number of hydrogen-bond acceptors (Lipinski definition) is 4. The number of hydrogen-bond donors (Lipinski definition) is 0. The monoisotopic (exact) mass is 258 g/mol. The summed E-state index contributed by atoms with van der Waals surface area (Å²) in [5.74, 6) is 0. The van der Waals surface area contributed by atoms with E-state index in [2.05, 4.69) is 5.29 Å². The van der Waals surface area contributed by atoms with E-state index in [0.717, 1.165) is 5.56 Å². The van der Waals surface area contributed by atoms with Crippen molar-refractivity contribution in [3.8, 4) is 0 Å². The topological polar surface area (TPSA) is 51.1 Å². The summed E-state index contributed by atoms with van der Waals surface area (Å²) in [4.78, 5) is 10.6. The van der Waals surface area contributed by atoms with Gasteiger partial charge in [0.15, 0.2) is 6.23 Å². The van der Waals surface area contributed by atoms with Crippen LogP contribution in [0.5, 0.6) is 0 Å². The largest absolute Gasteiger partial charge is 0.382 e. The predicted molar refractivity (Wildman–Crippen MR) is 65.6 cm³/mol. The highest BCUT2D eigenvalue weighted by Gasteiger charge is 2.17. The molecule has 0 aromatic heterocycles. The second-order valence-corrected chi connectivity index (χ2v) is 3.86. The van der Waals surface area contributed by atoms with Gasteiger partial charge < -0.3 is 9.47 Å². The van der Waals surface area contributed by atoms with Gasteiger partial charge in [-0.05, 0) is 12.1 Å². The fourth-order valence-electron chi connectivity index (χ4n) is 1.33. The molecule has 0 amide bonds. The highest BCUT2D eigenvalue weighted by atomic mass is 35.5. The smallest absolute Gasteiger partial charge is 0.174 e. The second kappa shape index (κ2) is 7.21. The van der Waals surface area contributed by atoms with Crippen LogP contribution in [0, 0.1) is 4.91 Å². The summed E-state index contributed by atoms with van der Waals surface area (Å²) in [6.07, 6.45) is -0.528. The van der Waals surface area contributed by atoms with E-state index in [1.165, 1.54) is 5.01 Å². The van der Waals surface area contributed by atoms with Gasteiger partial charge in [0.2, 0.25) is 0 Å². The molecule has 0 radical (unpaired) electrons. The van der Waals surface area contributed by atoms with Gasteiger partial charge in [0.1, 0.15) is 0 Å². The molecule has 0 aliphatic rings. The van der Waals surface area contributed by atoms with Gasteiger partial charge >= 0.3 is 0 Å². The quantitative estimate of drug-likeness (QED) is 0.326. The van der Waals surface area contributed by atoms with Crippen molar-refractivity contribution in [1.29, 1.82) is 0 Å². The molecule has 0 spiro atoms. The zero-order valence-corrected chi connectivity index (χ0v) is 10.6. The second-order valence-electron chi connectivity index (χ2n) is 3.42. The fourth-order valence-corrected chi connectivity index (χ4v) is 1.46. The Labute approximate surface area is 105 Å². The Balaban J connectivity index is 2.74. The van der Waals surface area contributed by atoms with Crippen molar-refractivity contribution < 1.29 is 9.47 Å². The number of nitroso groups, excluding NO2 is 1. The Morgan fingerprint density at radius 3 is 2.53 bits per heavy atom. The summed E-state index contributed by atoms with van der Waals surface area (Å²) < 4.78 is 10.4. The molecule has 0 aliphatic carbocycles. The number of nitrogens with zero attached hydrogens (tertiary/aromatic N) is 2. The van der Waals surface area contributed by atoms with Crippen LogP contribution in [0.1, 0.15) is 11.8 Å². The van der Waals surface area contributed by atoms with Gasteiger partial charge in [0.05, 0.1) is 18.5 Å². The van der Waals surface area contributed by atoms with E-state index in [-0.39, 0.29) is 0 Å². The Hall–Kier alpha value is -1.17. The minimum absolute atomic E-state index is 0.379. The first-order valence-electron chi connectivity index (χ1n) is 5.11. The van der Waals surface area contributed by atoms with Gasteiger partial charge in [-0.1, -0.05) is 23.7 Å². The summed E-state index contributed by atoms with van der Waals surface area (Å²) in [5, 5.41) is 4.69. The van der Waals surface area contributed by atoms with Crippen molar-refractivity contribution >= 4 is 11.6 Å². The molecule has 1 aromatic carbocycles. The Kier molecular flexibility index (Phi) is 5.90. The Morgan fingerprint density at radius 1 is 1.35 bits per heavy atom. The van der Waals surface area contributed by atoms with Crippen molar-refractivity contribution in [1.82, 2.24) is 5.01 Å². The fraction of sp³-hybridized carbons (Fsp3) is 0.455. The number of rotatable bonds is 7. The summed E-state index contributed by atoms with van der Waals surface area (Å²) >= 11 is 5.80. The van der Waals surface area contributed by atoms with Crippen molar-refractivity contribution in [2.24, 2.45) is 5.29 Å². The van der Waals surface area contributed by atoms with E-state index in [1.54, 1.807) is 38.4 Å². The van der Waals surface area contributed by atoms with Crippen LogP contribution < -0.4 is 0 Å². The van der Waals surface area contributed by atoms with Gasteiger partial charge in [-0.3, -0.25) is 0 Å². The maximum absolute atomic E-state index is 10.6. The third-order valence-corrected chi connectivity index (χ3v) is 2.44. The Morgan fingerprint density at radius 2 is 2.00 bits per heavy atom. The average molecular weight is 259 g/mol. The van der Waals surface area contributed by atoms with E-state index >= 15 is 0 Å². The van der Waals surface area contributed by atoms with E-state index in [9.17, 15) is 4.91 Å². The molecule has 0 fully saturated rings. The van der Waals surface area contributed by atoms with Crippen LogP contribution in [0.2, 0.25) is 5.02 Å². The van der Waals surface area contributed by atoms with Crippen LogP contribution in [0.15, 0.2) is 29.6 Å². The van der Waals surface area contributed by atoms with E-state index < -0.39 is 6.23 Å². The maximum Gasteiger partial charge on any atom is 0.174 e. The number of methoxy groups -OCH3 is 1. The van der Waals surface area contributed by atoms with Crippen LogP contribution >= 0.6 is 11.6 Å². The van der Waals surface area contributed by atoms with E-state index in [1.807, 2.05) is 0 Å². The molecule has 1 atom stereocenters. The van der Waals surface area contributed by atoms with Crippen molar-refractivity contribution in [2.75, 3.05) is 27.4 Å². The number of benzene rings is 1. The van der Waals surface area contributed by atoms with Gasteiger partial charge in [-0.2, -0.15) is 0 Å². The molecule has 0 saturated heterocycles. The van der Waals surface area contributed by atoms with E-state index in [0.29, 0.717) is 18.2 Å². The molecule has 0 aliphatic heterocycles. The molecule has 17 heavy (non-hydrogen) atoms. The number of ether oxygens (including phenoxy) is 2. The first kappa shape index (κ1) is 13.9. The minimum atomic E-state index is -0.528.